The van der Waals surface area contributed by atoms with Crippen molar-refractivity contribution in [1.29, 1.82) is 0 Å². The fraction of sp³-hybridized carbons (Fsp3) is 0.645. The first-order chi connectivity index (χ1) is 35.7. The maximum absolute atomic E-state index is 13.3. The van der Waals surface area contributed by atoms with Gasteiger partial charge in [0, 0.05) is 6.42 Å². The molecule has 0 aliphatic carbocycles. The highest BCUT2D eigenvalue weighted by atomic mass is 16.7. The number of aliphatic hydroxyl groups is 5. The quantitative estimate of drug-likeness (QED) is 0.0149. The summed E-state index contributed by atoms with van der Waals surface area (Å²) >= 11 is 0. The van der Waals surface area contributed by atoms with Crippen LogP contribution in [0.3, 0.4) is 0 Å². The van der Waals surface area contributed by atoms with E-state index in [-0.39, 0.29) is 19.4 Å². The van der Waals surface area contributed by atoms with E-state index in [9.17, 15) is 35.1 Å². The van der Waals surface area contributed by atoms with Crippen LogP contribution in [0.4, 0.5) is 0 Å². The van der Waals surface area contributed by atoms with Gasteiger partial charge in [0.05, 0.1) is 25.4 Å². The topological polar surface area (TPSA) is 175 Å². The zero-order valence-corrected chi connectivity index (χ0v) is 45.4. The number of rotatable bonds is 45. The summed E-state index contributed by atoms with van der Waals surface area (Å²) in [6, 6.07) is -1.06. The Morgan fingerprint density at radius 1 is 0.562 bits per heavy atom. The Morgan fingerprint density at radius 2 is 1.05 bits per heavy atom. The van der Waals surface area contributed by atoms with Crippen LogP contribution in [-0.4, -0.2) is 99.6 Å². The van der Waals surface area contributed by atoms with E-state index in [2.05, 4.69) is 92.9 Å². The number of allylic oxidation sites excluding steroid dienone is 19. The third-order valence-corrected chi connectivity index (χ3v) is 12.5. The number of hydrogen-bond donors (Lipinski definition) is 6. The van der Waals surface area contributed by atoms with Gasteiger partial charge in [0.25, 0.3) is 0 Å². The minimum Gasteiger partial charge on any atom is -0.454 e. The highest BCUT2D eigenvalue weighted by molar-refractivity contribution is 5.80. The summed E-state index contributed by atoms with van der Waals surface area (Å²) in [5.74, 6) is -1.28. The van der Waals surface area contributed by atoms with Crippen molar-refractivity contribution in [3.05, 3.63) is 122 Å². The lowest BCUT2D eigenvalue weighted by atomic mass is 9.99. The summed E-state index contributed by atoms with van der Waals surface area (Å²) < 4.78 is 17.5. The molecule has 0 spiro atoms. The zero-order chi connectivity index (χ0) is 53.3. The Hall–Kier alpha value is -3.94. The molecule has 414 valence electrons. The number of hydrogen-bond acceptors (Lipinski definition) is 10. The largest absolute Gasteiger partial charge is 0.454 e. The SMILES string of the molecule is CC/C=C\C/C=C\C/C=C\C/C=C\C/C=C\CCCCCC(=O)OC1C(OCC(NC(=O)C(O)CCCC\C=C/C=C\C=C\C=C\CC)C(O)/C=C/CCCCCCCCCCCCC)OC(CO)C(O)C1O. The molecule has 0 radical (unpaired) electrons. The molecule has 1 saturated heterocycles. The van der Waals surface area contributed by atoms with Crippen LogP contribution in [0.1, 0.15) is 194 Å². The van der Waals surface area contributed by atoms with E-state index in [1.807, 2.05) is 48.6 Å². The Balaban J connectivity index is 2.78. The van der Waals surface area contributed by atoms with Gasteiger partial charge in [-0.2, -0.15) is 0 Å². The fourth-order valence-corrected chi connectivity index (χ4v) is 7.98. The van der Waals surface area contributed by atoms with Gasteiger partial charge in [-0.15, -0.1) is 0 Å². The molecule has 1 aliphatic rings. The predicted octanol–water partition coefficient (Wildman–Crippen LogP) is 12.7. The molecular formula is C62H101NO10. The summed E-state index contributed by atoms with van der Waals surface area (Å²) in [4.78, 5) is 26.4. The van der Waals surface area contributed by atoms with E-state index in [0.717, 1.165) is 96.3 Å². The minimum atomic E-state index is -1.64. The van der Waals surface area contributed by atoms with Crippen LogP contribution in [0.5, 0.6) is 0 Å². The highest BCUT2D eigenvalue weighted by Crippen LogP contribution is 2.26. The average Bonchev–Trinajstić information content (AvgIpc) is 3.39. The maximum Gasteiger partial charge on any atom is 0.306 e. The van der Waals surface area contributed by atoms with Gasteiger partial charge < -0.3 is 45.1 Å². The molecule has 0 saturated carbocycles. The van der Waals surface area contributed by atoms with Gasteiger partial charge in [-0.05, 0) is 89.9 Å². The van der Waals surface area contributed by atoms with E-state index < -0.39 is 67.4 Å². The smallest absolute Gasteiger partial charge is 0.306 e. The van der Waals surface area contributed by atoms with Gasteiger partial charge in [-0.25, -0.2) is 0 Å². The molecule has 0 bridgehead atoms. The number of carbonyl (C=O) groups is 2. The molecule has 8 atom stereocenters. The van der Waals surface area contributed by atoms with Gasteiger partial charge in [0.15, 0.2) is 12.4 Å². The molecule has 73 heavy (non-hydrogen) atoms. The van der Waals surface area contributed by atoms with E-state index in [4.69, 9.17) is 14.2 Å². The van der Waals surface area contributed by atoms with Crippen molar-refractivity contribution >= 4 is 11.9 Å². The van der Waals surface area contributed by atoms with Crippen molar-refractivity contribution < 1.29 is 49.3 Å². The number of ether oxygens (including phenoxy) is 3. The second kappa shape index (κ2) is 49.0. The Kier molecular flexibility index (Phi) is 45.0. The zero-order valence-electron chi connectivity index (χ0n) is 45.4. The maximum atomic E-state index is 13.3. The summed E-state index contributed by atoms with van der Waals surface area (Å²) in [7, 11) is 0. The predicted molar refractivity (Wildman–Crippen MR) is 301 cm³/mol. The highest BCUT2D eigenvalue weighted by Gasteiger charge is 2.47. The summed E-state index contributed by atoms with van der Waals surface area (Å²) in [6.07, 6.45) is 56.7. The van der Waals surface area contributed by atoms with Crippen LogP contribution in [0.2, 0.25) is 0 Å². The van der Waals surface area contributed by atoms with Crippen molar-refractivity contribution in [2.45, 2.75) is 243 Å². The van der Waals surface area contributed by atoms with Gasteiger partial charge in [0.1, 0.15) is 24.4 Å². The second-order valence-electron chi connectivity index (χ2n) is 19.0. The first-order valence-electron chi connectivity index (χ1n) is 28.4. The standard InChI is InChI=1S/C62H101NO10/c1-4-7-10-13-16-19-22-25-26-27-28-29-30-32-35-38-41-44-47-50-57(67)73-60-59(69)58(68)56(51-64)72-62(60)71-52-53(54(65)48-45-42-39-36-34-31-23-20-17-14-11-8-5-2)63-61(70)55(66)49-46-43-40-37-33-24-21-18-15-12-9-6-3/h7,9-10,12,15-16,18-19,21,24-26,28-29,32-33,35,37,45,48,53-56,58-60,62,64-66,68-69H,4-6,8,11,13-14,17,20,22-23,27,30-31,34,36,38-44,46-47,49-52H2,1-3H3,(H,63,70)/b10-7-,12-9+,18-15+,19-16-,24-21-,26-25-,29-28-,35-32-,37-33-,48-45+. The minimum absolute atomic E-state index is 0.0719. The molecule has 0 aromatic carbocycles. The van der Waals surface area contributed by atoms with Crippen molar-refractivity contribution in [3.63, 3.8) is 0 Å². The van der Waals surface area contributed by atoms with E-state index >= 15 is 0 Å². The molecule has 8 unspecified atom stereocenters. The summed E-state index contributed by atoms with van der Waals surface area (Å²) in [5, 5.41) is 56.7. The van der Waals surface area contributed by atoms with Gasteiger partial charge in [0.2, 0.25) is 5.91 Å². The lowest BCUT2D eigenvalue weighted by molar-refractivity contribution is -0.305. The van der Waals surface area contributed by atoms with Gasteiger partial charge in [-0.3, -0.25) is 9.59 Å². The van der Waals surface area contributed by atoms with Gasteiger partial charge >= 0.3 is 5.97 Å². The molecule has 1 amide bonds. The molecule has 1 heterocycles. The lowest BCUT2D eigenvalue weighted by Crippen LogP contribution is -2.61. The number of unbranched alkanes of at least 4 members (excludes halogenated alkanes) is 16. The van der Waals surface area contributed by atoms with E-state index in [1.165, 1.54) is 51.4 Å². The Bertz CT molecular complexity index is 1640. The van der Waals surface area contributed by atoms with Crippen molar-refractivity contribution in [1.82, 2.24) is 5.32 Å². The van der Waals surface area contributed by atoms with Crippen LogP contribution in [0.25, 0.3) is 0 Å². The molecule has 1 fully saturated rings. The normalized spacial score (nSPS) is 20.4. The van der Waals surface area contributed by atoms with E-state index in [0.29, 0.717) is 12.8 Å². The first kappa shape index (κ1) is 67.1. The van der Waals surface area contributed by atoms with Crippen molar-refractivity contribution in [2.75, 3.05) is 13.2 Å². The number of amides is 1. The molecule has 1 aliphatic heterocycles. The fourth-order valence-electron chi connectivity index (χ4n) is 7.98. The summed E-state index contributed by atoms with van der Waals surface area (Å²) in [6.45, 7) is 5.45. The number of esters is 1. The molecule has 6 N–H and O–H groups in total. The molecule has 11 nitrogen and oxygen atoms in total. The van der Waals surface area contributed by atoms with Gasteiger partial charge in [-0.1, -0.05) is 219 Å². The molecule has 0 aromatic rings. The number of nitrogens with one attached hydrogen (secondary N) is 1. The van der Waals surface area contributed by atoms with Crippen LogP contribution < -0.4 is 5.32 Å². The Morgan fingerprint density at radius 3 is 1.64 bits per heavy atom. The van der Waals surface area contributed by atoms with Crippen LogP contribution >= 0.6 is 0 Å². The summed E-state index contributed by atoms with van der Waals surface area (Å²) in [5.41, 5.74) is 0. The van der Waals surface area contributed by atoms with Crippen LogP contribution in [0.15, 0.2) is 122 Å². The monoisotopic (exact) mass is 1020 g/mol. The van der Waals surface area contributed by atoms with Crippen LogP contribution in [-0.2, 0) is 23.8 Å². The van der Waals surface area contributed by atoms with Crippen molar-refractivity contribution in [3.8, 4) is 0 Å². The van der Waals surface area contributed by atoms with Crippen molar-refractivity contribution in [2.24, 2.45) is 0 Å². The molecule has 11 heteroatoms. The van der Waals surface area contributed by atoms with Crippen LogP contribution in [0, 0.1) is 0 Å². The Labute approximate surface area is 442 Å². The number of aliphatic hydroxyl groups excluding tert-OH is 5. The third kappa shape index (κ3) is 37.4. The molecule has 0 aromatic heterocycles. The molecular weight excluding hydrogens is 919 g/mol. The lowest BCUT2D eigenvalue weighted by Gasteiger charge is -2.41. The first-order valence-corrected chi connectivity index (χ1v) is 28.4. The average molecular weight is 1020 g/mol. The second-order valence-corrected chi connectivity index (χ2v) is 19.0. The number of carbonyl (C=O) groups excluding carboxylic acids is 2. The third-order valence-electron chi connectivity index (χ3n) is 12.5. The molecule has 1 rings (SSSR count). The van der Waals surface area contributed by atoms with E-state index in [1.54, 1.807) is 6.08 Å².